The number of aliphatic hydroxyl groups excluding tert-OH is 1. The third kappa shape index (κ3) is 3.91. The first-order chi connectivity index (χ1) is 10.1. The van der Waals surface area contributed by atoms with E-state index in [9.17, 15) is 9.18 Å². The second-order valence-corrected chi connectivity index (χ2v) is 5.38. The second-order valence-electron chi connectivity index (χ2n) is 4.38. The Balaban J connectivity index is 2.06. The van der Waals surface area contributed by atoms with Gasteiger partial charge in [0.05, 0.1) is 12.1 Å². The average Bonchev–Trinajstić information content (AvgIpc) is 2.90. The van der Waals surface area contributed by atoms with E-state index in [1.54, 1.807) is 13.0 Å². The number of halogens is 1. The molecule has 0 fully saturated rings. The zero-order valence-electron chi connectivity index (χ0n) is 11.4. The minimum atomic E-state index is -0.529. The summed E-state index contributed by atoms with van der Waals surface area (Å²) in [6.45, 7) is 1.83. The summed E-state index contributed by atoms with van der Waals surface area (Å²) < 4.78 is 13.7. The number of hydrogen-bond acceptors (Lipinski definition) is 3. The van der Waals surface area contributed by atoms with Gasteiger partial charge in [-0.3, -0.25) is 4.79 Å². The molecule has 108 valence electrons. The van der Waals surface area contributed by atoms with Crippen molar-refractivity contribution >= 4 is 17.2 Å². The summed E-state index contributed by atoms with van der Waals surface area (Å²) >= 11 is 1.45. The molecule has 0 aliphatic carbocycles. The maximum Gasteiger partial charge on any atom is 0.254 e. The van der Waals surface area contributed by atoms with Crippen molar-refractivity contribution in [3.63, 3.8) is 0 Å². The molecule has 5 heteroatoms. The van der Waals surface area contributed by atoms with Crippen LogP contribution in [-0.2, 0) is 6.54 Å². The fraction of sp³-hybridized carbons (Fsp3) is 0.188. The van der Waals surface area contributed by atoms with Crippen LogP contribution in [0.15, 0.2) is 29.6 Å². The summed E-state index contributed by atoms with van der Waals surface area (Å²) in [4.78, 5) is 12.8. The molecule has 1 amide bonds. The van der Waals surface area contributed by atoms with E-state index < -0.39 is 11.7 Å². The van der Waals surface area contributed by atoms with Crippen LogP contribution < -0.4 is 5.32 Å². The van der Waals surface area contributed by atoms with E-state index in [4.69, 9.17) is 5.11 Å². The molecule has 0 bridgehead atoms. The maximum atomic E-state index is 13.7. The summed E-state index contributed by atoms with van der Waals surface area (Å²) in [6, 6.07) is 6.32. The molecular weight excluding hydrogens is 289 g/mol. The Kier molecular flexibility index (Phi) is 5.09. The Morgan fingerprint density at radius 3 is 2.95 bits per heavy atom. The molecule has 3 nitrogen and oxygen atoms in total. The van der Waals surface area contributed by atoms with Gasteiger partial charge in [0, 0.05) is 10.4 Å². The van der Waals surface area contributed by atoms with Crippen molar-refractivity contribution < 1.29 is 14.3 Å². The van der Waals surface area contributed by atoms with Crippen LogP contribution in [0.4, 0.5) is 4.39 Å². The number of thiophene rings is 1. The normalized spacial score (nSPS) is 9.86. The smallest absolute Gasteiger partial charge is 0.254 e. The van der Waals surface area contributed by atoms with Crippen LogP contribution in [0.25, 0.3) is 0 Å². The van der Waals surface area contributed by atoms with Crippen LogP contribution >= 0.6 is 11.3 Å². The van der Waals surface area contributed by atoms with E-state index in [0.717, 1.165) is 16.0 Å². The van der Waals surface area contributed by atoms with E-state index in [2.05, 4.69) is 17.2 Å². The zero-order chi connectivity index (χ0) is 15.2. The minimum absolute atomic E-state index is 0.0279. The van der Waals surface area contributed by atoms with Crippen LogP contribution in [0, 0.1) is 24.6 Å². The molecule has 0 unspecified atom stereocenters. The van der Waals surface area contributed by atoms with E-state index in [1.807, 2.05) is 11.4 Å². The van der Waals surface area contributed by atoms with E-state index >= 15 is 0 Å². The van der Waals surface area contributed by atoms with Crippen molar-refractivity contribution in [3.8, 4) is 11.8 Å². The number of hydrogen-bond donors (Lipinski definition) is 2. The fourth-order valence-corrected chi connectivity index (χ4v) is 2.55. The van der Waals surface area contributed by atoms with Gasteiger partial charge in [0.2, 0.25) is 0 Å². The van der Waals surface area contributed by atoms with E-state index in [0.29, 0.717) is 0 Å². The first-order valence-corrected chi connectivity index (χ1v) is 7.20. The zero-order valence-corrected chi connectivity index (χ0v) is 12.3. The van der Waals surface area contributed by atoms with E-state index in [-0.39, 0.29) is 18.7 Å². The highest BCUT2D eigenvalue weighted by atomic mass is 32.1. The van der Waals surface area contributed by atoms with Gasteiger partial charge in [-0.1, -0.05) is 17.9 Å². The van der Waals surface area contributed by atoms with Crippen molar-refractivity contribution in [2.24, 2.45) is 0 Å². The topological polar surface area (TPSA) is 49.3 Å². The molecule has 1 aromatic heterocycles. The summed E-state index contributed by atoms with van der Waals surface area (Å²) in [5, 5.41) is 13.2. The number of aryl methyl sites for hydroxylation is 1. The maximum absolute atomic E-state index is 13.7. The Morgan fingerprint density at radius 2 is 2.24 bits per heavy atom. The number of benzene rings is 1. The predicted octanol–water partition coefficient (Wildman–Crippen LogP) is 2.47. The standard InChI is InChI=1S/C16H14FNO2S/c1-11-4-5-13(14(17)9-11)16(20)18-10-15-12(3-2-7-19)6-8-21-15/h4-6,8-9,19H,7,10H2,1H3,(H,18,20). The molecule has 21 heavy (non-hydrogen) atoms. The van der Waals surface area contributed by atoms with Crippen LogP contribution in [0.3, 0.4) is 0 Å². The number of amides is 1. The molecule has 2 N–H and O–H groups in total. The van der Waals surface area contributed by atoms with Gasteiger partial charge in [0.25, 0.3) is 5.91 Å². The molecule has 1 aromatic carbocycles. The lowest BCUT2D eigenvalue weighted by Crippen LogP contribution is -2.23. The lowest BCUT2D eigenvalue weighted by atomic mass is 10.1. The number of nitrogens with one attached hydrogen (secondary N) is 1. The van der Waals surface area contributed by atoms with Crippen LogP contribution in [0.1, 0.15) is 26.4 Å². The first kappa shape index (κ1) is 15.2. The molecule has 0 saturated carbocycles. The molecule has 2 aromatic rings. The summed E-state index contributed by atoms with van der Waals surface area (Å²) in [5.41, 5.74) is 1.56. The Labute approximate surface area is 126 Å². The summed E-state index contributed by atoms with van der Waals surface area (Å²) in [6.07, 6.45) is 0. The molecule has 0 radical (unpaired) electrons. The number of rotatable bonds is 3. The molecule has 0 saturated heterocycles. The van der Waals surface area contributed by atoms with Gasteiger partial charge >= 0.3 is 0 Å². The van der Waals surface area contributed by atoms with Gasteiger partial charge in [0.1, 0.15) is 12.4 Å². The average molecular weight is 303 g/mol. The molecule has 0 aliphatic rings. The SMILES string of the molecule is Cc1ccc(C(=O)NCc2sccc2C#CCO)c(F)c1. The Bertz CT molecular complexity index is 713. The first-order valence-electron chi connectivity index (χ1n) is 6.32. The second kappa shape index (κ2) is 7.02. The van der Waals surface area contributed by atoms with Crippen molar-refractivity contribution in [3.05, 3.63) is 57.0 Å². The van der Waals surface area contributed by atoms with Crippen LogP contribution in [0.5, 0.6) is 0 Å². The molecule has 1 heterocycles. The van der Waals surface area contributed by atoms with E-state index in [1.165, 1.54) is 23.5 Å². The lowest BCUT2D eigenvalue weighted by molar-refractivity contribution is 0.0947. The Morgan fingerprint density at radius 1 is 1.43 bits per heavy atom. The Hall–Kier alpha value is -2.16. The van der Waals surface area contributed by atoms with Gasteiger partial charge in [-0.2, -0.15) is 0 Å². The van der Waals surface area contributed by atoms with Crippen LogP contribution in [0.2, 0.25) is 0 Å². The highest BCUT2D eigenvalue weighted by Gasteiger charge is 2.12. The summed E-state index contributed by atoms with van der Waals surface area (Å²) in [5.74, 6) is 4.39. The van der Waals surface area contributed by atoms with Crippen molar-refractivity contribution in [1.82, 2.24) is 5.32 Å². The van der Waals surface area contributed by atoms with Gasteiger partial charge in [-0.15, -0.1) is 11.3 Å². The number of carbonyl (C=O) groups is 1. The fourth-order valence-electron chi connectivity index (χ4n) is 1.78. The molecular formula is C16H14FNO2S. The highest BCUT2D eigenvalue weighted by molar-refractivity contribution is 7.10. The molecule has 0 atom stereocenters. The quantitative estimate of drug-likeness (QED) is 0.856. The minimum Gasteiger partial charge on any atom is -0.384 e. The van der Waals surface area contributed by atoms with Crippen LogP contribution in [-0.4, -0.2) is 17.6 Å². The predicted molar refractivity (Wildman–Crippen MR) is 80.6 cm³/mol. The molecule has 2 rings (SSSR count). The van der Waals surface area contributed by atoms with Crippen molar-refractivity contribution in [2.75, 3.05) is 6.61 Å². The third-order valence-electron chi connectivity index (χ3n) is 2.83. The third-order valence-corrected chi connectivity index (χ3v) is 3.75. The van der Waals surface area contributed by atoms with Gasteiger partial charge in [-0.25, -0.2) is 4.39 Å². The molecule has 0 aliphatic heterocycles. The molecule has 0 spiro atoms. The highest BCUT2D eigenvalue weighted by Crippen LogP contribution is 2.16. The van der Waals surface area contributed by atoms with Gasteiger partial charge in [0.15, 0.2) is 0 Å². The summed E-state index contributed by atoms with van der Waals surface area (Å²) in [7, 11) is 0. The lowest BCUT2D eigenvalue weighted by Gasteiger charge is -2.06. The van der Waals surface area contributed by atoms with Crippen molar-refractivity contribution in [2.45, 2.75) is 13.5 Å². The number of aliphatic hydroxyl groups is 1. The van der Waals surface area contributed by atoms with Gasteiger partial charge < -0.3 is 10.4 Å². The van der Waals surface area contributed by atoms with Crippen molar-refractivity contribution in [1.29, 1.82) is 0 Å². The number of carbonyl (C=O) groups excluding carboxylic acids is 1. The monoisotopic (exact) mass is 303 g/mol. The van der Waals surface area contributed by atoms with Gasteiger partial charge in [-0.05, 0) is 36.1 Å². The largest absolute Gasteiger partial charge is 0.384 e.